The molecule has 0 unspecified atom stereocenters. The molecule has 14 aliphatic rings. The lowest BCUT2D eigenvalue weighted by molar-refractivity contribution is 0.214. The Kier molecular flexibility index (Phi) is 3.77. The molecular formula is C37H42+. The summed E-state index contributed by atoms with van der Waals surface area (Å²) in [6, 6.07) is 0. The number of hydrogen-bond acceptors (Lipinski definition) is 0. The van der Waals surface area contributed by atoms with Crippen LogP contribution in [0.4, 0.5) is 0 Å². The summed E-state index contributed by atoms with van der Waals surface area (Å²) in [6.07, 6.45) is 25.4. The van der Waals surface area contributed by atoms with E-state index in [1.165, 1.54) is 109 Å². The summed E-state index contributed by atoms with van der Waals surface area (Å²) in [4.78, 5) is 0. The van der Waals surface area contributed by atoms with Crippen molar-refractivity contribution < 1.29 is 0 Å². The first kappa shape index (κ1) is 20.5. The maximum absolute atomic E-state index is 1.99. The van der Waals surface area contributed by atoms with Gasteiger partial charge in [0.15, 0.2) is 0 Å². The van der Waals surface area contributed by atoms with Crippen LogP contribution in [0, 0.1) is 35.5 Å². The second kappa shape index (κ2) is 6.82. The fourth-order valence-corrected chi connectivity index (χ4v) is 13.1. The van der Waals surface area contributed by atoms with Gasteiger partial charge in [0.05, 0.1) is 23.0 Å². The van der Waals surface area contributed by atoms with Gasteiger partial charge in [-0.05, 0) is 172 Å². The molecule has 0 saturated heterocycles. The van der Waals surface area contributed by atoms with Gasteiger partial charge in [0.25, 0.3) is 0 Å². The minimum atomic E-state index is 0.884. The molecule has 0 nitrogen and oxygen atoms in total. The van der Waals surface area contributed by atoms with Gasteiger partial charge in [-0.15, -0.1) is 0 Å². The van der Waals surface area contributed by atoms with E-state index in [0.717, 1.165) is 47.3 Å². The number of fused-ring (bicyclic) bond motifs is 10. The summed E-state index contributed by atoms with van der Waals surface area (Å²) in [5.74, 6) is 11.2. The van der Waals surface area contributed by atoms with Crippen molar-refractivity contribution in [2.24, 2.45) is 23.7 Å². The second-order valence-electron chi connectivity index (χ2n) is 15.4. The highest BCUT2D eigenvalue weighted by atomic mass is 14.6. The van der Waals surface area contributed by atoms with Crippen molar-refractivity contribution in [2.45, 2.75) is 133 Å². The molecule has 0 aliphatic heterocycles. The van der Waals surface area contributed by atoms with Crippen molar-refractivity contribution in [3.8, 4) is 0 Å². The number of hydrogen-bond donors (Lipinski definition) is 0. The van der Waals surface area contributed by atoms with Gasteiger partial charge in [0.2, 0.25) is 0 Å². The van der Waals surface area contributed by atoms with Crippen LogP contribution in [0.3, 0.4) is 0 Å². The van der Waals surface area contributed by atoms with Gasteiger partial charge in [-0.1, -0.05) is 0 Å². The van der Waals surface area contributed by atoms with E-state index in [0.29, 0.717) is 0 Å². The summed E-state index contributed by atoms with van der Waals surface area (Å²) >= 11 is 0. The molecular weight excluding hydrogens is 444 g/mol. The Morgan fingerprint density at radius 3 is 1.65 bits per heavy atom. The molecule has 37 heavy (non-hydrogen) atoms. The predicted molar refractivity (Wildman–Crippen MR) is 149 cm³/mol. The average Bonchev–Trinajstić information content (AvgIpc) is 3.40. The van der Waals surface area contributed by atoms with E-state index in [1.807, 2.05) is 67.5 Å². The van der Waals surface area contributed by atoms with E-state index < -0.39 is 0 Å². The molecule has 15 rings (SSSR count). The Bertz CT molecular complexity index is 1300. The first-order valence-electron chi connectivity index (χ1n) is 16.8. The first-order chi connectivity index (χ1) is 18.3. The zero-order chi connectivity index (χ0) is 23.6. The largest absolute Gasteiger partial charge is 0.118 e. The van der Waals surface area contributed by atoms with Crippen LogP contribution in [-0.2, 0) is 6.42 Å². The molecule has 0 atom stereocenters. The van der Waals surface area contributed by atoms with Crippen LogP contribution in [-0.4, -0.2) is 0 Å². The quantitative estimate of drug-likeness (QED) is 0.320. The molecule has 1 aromatic carbocycles. The molecule has 189 valence electrons. The Hall–Kier alpha value is -1.43. The molecule has 6 saturated carbocycles. The average molecular weight is 487 g/mol. The van der Waals surface area contributed by atoms with Crippen molar-refractivity contribution >= 4 is 5.57 Å². The predicted octanol–water partition coefficient (Wildman–Crippen LogP) is 9.61. The zero-order valence-corrected chi connectivity index (χ0v) is 22.6. The summed E-state index contributed by atoms with van der Waals surface area (Å²) in [5.41, 5.74) is 19.6. The number of rotatable bonds is 0. The zero-order valence-electron chi connectivity index (χ0n) is 22.6. The normalized spacial score (nSPS) is 43.6. The van der Waals surface area contributed by atoms with E-state index in [4.69, 9.17) is 0 Å². The van der Waals surface area contributed by atoms with Gasteiger partial charge >= 0.3 is 0 Å². The second-order valence-corrected chi connectivity index (χ2v) is 15.4. The van der Waals surface area contributed by atoms with E-state index in [1.54, 1.807) is 0 Å². The van der Waals surface area contributed by atoms with Crippen molar-refractivity contribution in [3.05, 3.63) is 61.9 Å². The van der Waals surface area contributed by atoms with Crippen LogP contribution in [0.2, 0.25) is 0 Å². The van der Waals surface area contributed by atoms with Crippen LogP contribution in [0.25, 0.3) is 5.57 Å². The third kappa shape index (κ3) is 2.29. The fourth-order valence-electron chi connectivity index (χ4n) is 13.1. The van der Waals surface area contributed by atoms with Crippen LogP contribution >= 0.6 is 0 Å². The molecule has 8 bridgehead atoms. The maximum atomic E-state index is 1.99. The smallest absolute Gasteiger partial charge is 0.0458 e. The molecule has 1 aromatic rings. The summed E-state index contributed by atoms with van der Waals surface area (Å²) in [5, 5.41) is 0. The van der Waals surface area contributed by atoms with Crippen LogP contribution < -0.4 is 0 Å². The van der Waals surface area contributed by atoms with E-state index in [2.05, 4.69) is 0 Å². The summed E-state index contributed by atoms with van der Waals surface area (Å²) in [7, 11) is 0. The first-order valence-corrected chi connectivity index (χ1v) is 16.8. The van der Waals surface area contributed by atoms with Gasteiger partial charge in [0, 0.05) is 17.4 Å². The molecule has 6 fully saturated rings. The minimum Gasteiger partial charge on any atom is -0.0458 e. The fraction of sp³-hybridized carbons (Fsp3) is 0.676. The van der Waals surface area contributed by atoms with Crippen molar-refractivity contribution in [2.75, 3.05) is 0 Å². The van der Waals surface area contributed by atoms with E-state index in [9.17, 15) is 0 Å². The van der Waals surface area contributed by atoms with Crippen LogP contribution in [0.5, 0.6) is 0 Å². The maximum Gasteiger partial charge on any atom is 0.118 e. The summed E-state index contributed by atoms with van der Waals surface area (Å²) in [6.45, 7) is 0. The molecule has 0 amide bonds. The topological polar surface area (TPSA) is 0 Å². The van der Waals surface area contributed by atoms with Gasteiger partial charge in [-0.2, -0.15) is 0 Å². The number of allylic oxidation sites excluding steroid dienone is 4. The molecule has 0 heteroatoms. The Morgan fingerprint density at radius 2 is 0.973 bits per heavy atom. The monoisotopic (exact) mass is 486 g/mol. The molecule has 1 radical (unpaired) electrons. The highest BCUT2D eigenvalue weighted by Crippen LogP contribution is 2.71. The van der Waals surface area contributed by atoms with Gasteiger partial charge in [-0.25, -0.2) is 0 Å². The Balaban J connectivity index is 1.24. The molecule has 14 aliphatic carbocycles. The number of benzene rings is 1. The van der Waals surface area contributed by atoms with Crippen molar-refractivity contribution in [1.29, 1.82) is 0 Å². The molecule has 0 aromatic heterocycles. The molecule has 0 heterocycles. The van der Waals surface area contributed by atoms with E-state index in [-0.39, 0.29) is 0 Å². The highest BCUT2D eigenvalue weighted by Gasteiger charge is 2.63. The lowest BCUT2D eigenvalue weighted by Crippen LogP contribution is -2.45. The van der Waals surface area contributed by atoms with Crippen LogP contribution in [0.15, 0.2) is 16.7 Å². The third-order valence-corrected chi connectivity index (χ3v) is 14.3. The molecule has 0 N–H and O–H groups in total. The SMILES string of the molecule is C1C2=C(C3=C([C+]4[C]2C2CCC4CC2)C2CCC3CC2)c2c1c1c(c3c2C2CCC3CC2)C2CCC1CC2. The van der Waals surface area contributed by atoms with Gasteiger partial charge in [-0.3, -0.25) is 0 Å². The van der Waals surface area contributed by atoms with E-state index >= 15 is 0 Å². The minimum absolute atomic E-state index is 0.884. The lowest BCUT2D eigenvalue weighted by Gasteiger charge is -2.50. The van der Waals surface area contributed by atoms with Crippen molar-refractivity contribution in [3.63, 3.8) is 0 Å². The standard InChI is InChI=1S/C37H42/c1-5-20-6-2-18(1)28-26-17-27-29-19-3-7-21(8-4-19)31(29)33-23-11-15-25(16-12-23)35(33)37(27)36(26)34-24-13-9-22(10-14-24)32(34)30(20)28/h18-25H,1-17H2/q+1. The Morgan fingerprint density at radius 1 is 0.459 bits per heavy atom. The van der Waals surface area contributed by atoms with Gasteiger partial charge in [0.1, 0.15) is 11.5 Å². The summed E-state index contributed by atoms with van der Waals surface area (Å²) < 4.78 is 0. The molecule has 0 spiro atoms. The van der Waals surface area contributed by atoms with Crippen LogP contribution in [0.1, 0.15) is 160 Å². The lowest BCUT2D eigenvalue weighted by atomic mass is 9.47. The highest BCUT2D eigenvalue weighted by molar-refractivity contribution is 5.97. The van der Waals surface area contributed by atoms with Gasteiger partial charge < -0.3 is 0 Å². The Labute approximate surface area is 223 Å². The van der Waals surface area contributed by atoms with Crippen molar-refractivity contribution in [1.82, 2.24) is 0 Å². The third-order valence-electron chi connectivity index (χ3n) is 14.3.